The van der Waals surface area contributed by atoms with Gasteiger partial charge in [-0.2, -0.15) is 0 Å². The van der Waals surface area contributed by atoms with Crippen LogP contribution in [0.25, 0.3) is 11.1 Å². The lowest BCUT2D eigenvalue weighted by Gasteiger charge is -2.24. The fourth-order valence-corrected chi connectivity index (χ4v) is 4.20. The molecule has 0 fully saturated rings. The molecular weight excluding hydrogens is 348 g/mol. The maximum Gasteiger partial charge on any atom is 0.251 e. The number of nitrogens with two attached hydrogens (primary N) is 1. The van der Waals surface area contributed by atoms with Crippen molar-refractivity contribution in [1.29, 1.82) is 0 Å². The van der Waals surface area contributed by atoms with Crippen LogP contribution in [0.2, 0.25) is 0 Å². The van der Waals surface area contributed by atoms with Gasteiger partial charge in [0, 0.05) is 11.5 Å². The number of hydrogen-bond acceptors (Lipinski definition) is 2. The molecule has 3 N–H and O–H groups in total. The molecule has 4 nitrogen and oxygen atoms in total. The van der Waals surface area contributed by atoms with E-state index >= 15 is 0 Å². The standard InChI is InChI=1S/C24H22N2O2/c1-14-11-15(2)13-16(12-14)24(28)26-22(23(25)27)21-19-9-5-3-7-17(19)18-8-4-6-10-20(18)21/h3-13,21-22H,1-2H3,(H2,25,27)(H,26,28)/t22-/m0/s1. The molecule has 4 heteroatoms. The molecule has 4 rings (SSSR count). The molecule has 0 spiro atoms. The summed E-state index contributed by atoms with van der Waals surface area (Å²) in [6.45, 7) is 3.89. The van der Waals surface area contributed by atoms with Gasteiger partial charge in [-0.15, -0.1) is 0 Å². The van der Waals surface area contributed by atoms with Gasteiger partial charge in [-0.3, -0.25) is 9.59 Å². The number of primary amides is 1. The Balaban J connectivity index is 1.75. The fraction of sp³-hybridized carbons (Fsp3) is 0.167. The summed E-state index contributed by atoms with van der Waals surface area (Å²) in [5, 5.41) is 2.90. The molecule has 0 saturated carbocycles. The van der Waals surface area contributed by atoms with E-state index < -0.39 is 11.9 Å². The summed E-state index contributed by atoms with van der Waals surface area (Å²) in [4.78, 5) is 25.3. The maximum atomic E-state index is 12.9. The highest BCUT2D eigenvalue weighted by atomic mass is 16.2. The van der Waals surface area contributed by atoms with Crippen LogP contribution in [0.3, 0.4) is 0 Å². The second-order valence-corrected chi connectivity index (χ2v) is 7.38. The number of carbonyl (C=O) groups is 2. The van der Waals surface area contributed by atoms with Gasteiger partial charge in [0.1, 0.15) is 6.04 Å². The summed E-state index contributed by atoms with van der Waals surface area (Å²) in [7, 11) is 0. The van der Waals surface area contributed by atoms with E-state index in [0.717, 1.165) is 33.4 Å². The minimum Gasteiger partial charge on any atom is -0.368 e. The van der Waals surface area contributed by atoms with Crippen LogP contribution in [-0.2, 0) is 4.79 Å². The molecule has 28 heavy (non-hydrogen) atoms. The lowest BCUT2D eigenvalue weighted by atomic mass is 9.88. The molecule has 3 aromatic carbocycles. The van der Waals surface area contributed by atoms with Gasteiger partial charge in [0.2, 0.25) is 5.91 Å². The van der Waals surface area contributed by atoms with Gasteiger partial charge in [0.15, 0.2) is 0 Å². The van der Waals surface area contributed by atoms with E-state index in [1.807, 2.05) is 80.6 Å². The fourth-order valence-electron chi connectivity index (χ4n) is 4.20. The Labute approximate surface area is 164 Å². The highest BCUT2D eigenvalue weighted by molar-refractivity contribution is 5.98. The molecule has 0 heterocycles. The molecular formula is C24H22N2O2. The normalized spacial score (nSPS) is 13.5. The van der Waals surface area contributed by atoms with Crippen molar-refractivity contribution in [2.24, 2.45) is 5.73 Å². The number of nitrogens with one attached hydrogen (secondary N) is 1. The zero-order valence-corrected chi connectivity index (χ0v) is 15.9. The van der Waals surface area contributed by atoms with Crippen LogP contribution in [0.5, 0.6) is 0 Å². The molecule has 0 unspecified atom stereocenters. The summed E-state index contributed by atoms with van der Waals surface area (Å²) in [5.74, 6) is -1.15. The SMILES string of the molecule is Cc1cc(C)cc(C(=O)N[C@H](C(N)=O)C2c3ccccc3-c3ccccc32)c1. The third kappa shape index (κ3) is 3.07. The maximum absolute atomic E-state index is 12.9. The van der Waals surface area contributed by atoms with Crippen molar-refractivity contribution in [1.82, 2.24) is 5.32 Å². The number of aryl methyl sites for hydroxylation is 2. The van der Waals surface area contributed by atoms with Gasteiger partial charge in [-0.25, -0.2) is 0 Å². The molecule has 0 saturated heterocycles. The van der Waals surface area contributed by atoms with Crippen LogP contribution >= 0.6 is 0 Å². The molecule has 1 aliphatic rings. The highest BCUT2D eigenvalue weighted by Crippen LogP contribution is 2.46. The first kappa shape index (κ1) is 18.0. The van der Waals surface area contributed by atoms with Crippen LogP contribution in [-0.4, -0.2) is 17.9 Å². The largest absolute Gasteiger partial charge is 0.368 e. The van der Waals surface area contributed by atoms with Crippen molar-refractivity contribution in [3.05, 3.63) is 94.5 Å². The molecule has 0 aromatic heterocycles. The molecule has 1 aliphatic carbocycles. The third-order valence-corrected chi connectivity index (χ3v) is 5.29. The van der Waals surface area contributed by atoms with E-state index in [0.29, 0.717) is 5.56 Å². The van der Waals surface area contributed by atoms with Crippen molar-refractivity contribution in [3.63, 3.8) is 0 Å². The quantitative estimate of drug-likeness (QED) is 0.735. The zero-order valence-electron chi connectivity index (χ0n) is 15.9. The molecule has 2 amide bonds. The Morgan fingerprint density at radius 1 is 0.857 bits per heavy atom. The van der Waals surface area contributed by atoms with Crippen LogP contribution < -0.4 is 11.1 Å². The average molecular weight is 370 g/mol. The predicted octanol–water partition coefficient (Wildman–Crippen LogP) is 3.70. The van der Waals surface area contributed by atoms with E-state index in [9.17, 15) is 9.59 Å². The Bertz CT molecular complexity index is 1020. The summed E-state index contributed by atoms with van der Waals surface area (Å²) in [5.41, 5.74) is 12.5. The molecule has 3 aromatic rings. The Kier molecular flexibility index (Phi) is 4.47. The van der Waals surface area contributed by atoms with Crippen molar-refractivity contribution in [2.45, 2.75) is 25.8 Å². The van der Waals surface area contributed by atoms with Crippen LogP contribution in [0, 0.1) is 13.8 Å². The first-order chi connectivity index (χ1) is 13.5. The van der Waals surface area contributed by atoms with E-state index in [4.69, 9.17) is 5.73 Å². The summed E-state index contributed by atoms with van der Waals surface area (Å²) in [6, 6.07) is 20.7. The number of benzene rings is 3. The number of carbonyl (C=O) groups excluding carboxylic acids is 2. The van der Waals surface area contributed by atoms with E-state index in [1.54, 1.807) is 0 Å². The average Bonchev–Trinajstić information content (AvgIpc) is 2.99. The first-order valence-electron chi connectivity index (χ1n) is 9.32. The smallest absolute Gasteiger partial charge is 0.251 e. The van der Waals surface area contributed by atoms with Gasteiger partial charge in [-0.05, 0) is 48.2 Å². The minimum absolute atomic E-state index is 0.294. The Morgan fingerprint density at radius 2 is 1.36 bits per heavy atom. The van der Waals surface area contributed by atoms with Crippen molar-refractivity contribution < 1.29 is 9.59 Å². The summed E-state index contributed by atoms with van der Waals surface area (Å²) in [6.07, 6.45) is 0. The zero-order chi connectivity index (χ0) is 19.8. The van der Waals surface area contributed by atoms with Crippen LogP contribution in [0.15, 0.2) is 66.7 Å². The first-order valence-corrected chi connectivity index (χ1v) is 9.32. The Morgan fingerprint density at radius 3 is 1.86 bits per heavy atom. The number of amides is 2. The van der Waals surface area contributed by atoms with E-state index in [1.165, 1.54) is 0 Å². The van der Waals surface area contributed by atoms with Crippen LogP contribution in [0.1, 0.15) is 38.5 Å². The molecule has 0 bridgehead atoms. The van der Waals surface area contributed by atoms with Crippen molar-refractivity contribution >= 4 is 11.8 Å². The summed E-state index contributed by atoms with van der Waals surface area (Å²) >= 11 is 0. The van der Waals surface area contributed by atoms with Gasteiger partial charge in [-0.1, -0.05) is 65.7 Å². The van der Waals surface area contributed by atoms with Crippen molar-refractivity contribution in [3.8, 4) is 11.1 Å². The van der Waals surface area contributed by atoms with Crippen molar-refractivity contribution in [2.75, 3.05) is 0 Å². The second kappa shape index (κ2) is 6.97. The Hall–Kier alpha value is -3.40. The number of hydrogen-bond donors (Lipinski definition) is 2. The summed E-state index contributed by atoms with van der Waals surface area (Å²) < 4.78 is 0. The second-order valence-electron chi connectivity index (χ2n) is 7.38. The van der Waals surface area contributed by atoms with E-state index in [2.05, 4.69) is 5.32 Å². The van der Waals surface area contributed by atoms with Gasteiger partial charge in [0.25, 0.3) is 5.91 Å². The topological polar surface area (TPSA) is 72.2 Å². The van der Waals surface area contributed by atoms with Gasteiger partial charge < -0.3 is 11.1 Å². The minimum atomic E-state index is -0.835. The lowest BCUT2D eigenvalue weighted by molar-refractivity contribution is -0.120. The lowest BCUT2D eigenvalue weighted by Crippen LogP contribution is -2.48. The monoisotopic (exact) mass is 370 g/mol. The molecule has 140 valence electrons. The molecule has 1 atom stereocenters. The predicted molar refractivity (Wildman–Crippen MR) is 110 cm³/mol. The van der Waals surface area contributed by atoms with Crippen LogP contribution in [0.4, 0.5) is 0 Å². The molecule has 0 radical (unpaired) electrons. The van der Waals surface area contributed by atoms with Gasteiger partial charge in [0.05, 0.1) is 0 Å². The number of rotatable bonds is 4. The van der Waals surface area contributed by atoms with Gasteiger partial charge >= 0.3 is 0 Å². The number of fused-ring (bicyclic) bond motifs is 3. The third-order valence-electron chi connectivity index (χ3n) is 5.29. The van der Waals surface area contributed by atoms with E-state index in [-0.39, 0.29) is 11.8 Å². The molecule has 0 aliphatic heterocycles. The highest BCUT2D eigenvalue weighted by Gasteiger charge is 2.38.